The van der Waals surface area contributed by atoms with Crippen LogP contribution in [-0.2, 0) is 0 Å². The average molecular weight is 370 g/mol. The topological polar surface area (TPSA) is 17.1 Å². The fourth-order valence-electron chi connectivity index (χ4n) is 1.31. The van der Waals surface area contributed by atoms with Crippen LogP contribution in [0.3, 0.4) is 0 Å². The molecule has 0 spiro atoms. The molecule has 0 saturated heterocycles. The lowest BCUT2D eigenvalue weighted by atomic mass is 10.1. The molecule has 1 heterocycles. The molecule has 0 fully saturated rings. The third-order valence-electron chi connectivity index (χ3n) is 2.07. The van der Waals surface area contributed by atoms with Crippen molar-refractivity contribution in [2.45, 2.75) is 0 Å². The first-order valence-electron chi connectivity index (χ1n) is 4.43. The van der Waals surface area contributed by atoms with Crippen LogP contribution in [0.15, 0.2) is 28.7 Å². The number of carbonyl (C=O) groups excluding carboxylic acids is 1. The van der Waals surface area contributed by atoms with Gasteiger partial charge in [-0.3, -0.25) is 4.79 Å². The molecule has 1 aromatic carbocycles. The molecule has 0 N–H and O–H groups in total. The van der Waals surface area contributed by atoms with E-state index in [-0.39, 0.29) is 5.78 Å². The number of hydrogen-bond acceptors (Lipinski definition) is 2. The summed E-state index contributed by atoms with van der Waals surface area (Å²) in [5, 5.41) is 0.494. The second-order valence-electron chi connectivity index (χ2n) is 3.19. The van der Waals surface area contributed by atoms with E-state index in [1.807, 2.05) is 0 Å². The van der Waals surface area contributed by atoms with Gasteiger partial charge in [-0.05, 0) is 24.3 Å². The molecule has 2 rings (SSSR count). The molecular formula is C11H4BrCl3OS. The monoisotopic (exact) mass is 368 g/mol. The predicted octanol–water partition coefficient (Wildman–Crippen LogP) is 5.70. The van der Waals surface area contributed by atoms with Crippen LogP contribution in [0.25, 0.3) is 0 Å². The summed E-state index contributed by atoms with van der Waals surface area (Å²) in [5.74, 6) is -0.201. The summed E-state index contributed by atoms with van der Waals surface area (Å²) in [4.78, 5) is 12.2. The third-order valence-corrected chi connectivity index (χ3v) is 4.49. The minimum absolute atomic E-state index is 0.201. The summed E-state index contributed by atoms with van der Waals surface area (Å²) in [6.07, 6.45) is 0. The van der Waals surface area contributed by atoms with Gasteiger partial charge in [-0.15, -0.1) is 11.3 Å². The van der Waals surface area contributed by atoms with Crippen molar-refractivity contribution in [3.8, 4) is 0 Å². The van der Waals surface area contributed by atoms with E-state index in [2.05, 4.69) is 15.9 Å². The van der Waals surface area contributed by atoms with Crippen molar-refractivity contribution in [2.75, 3.05) is 0 Å². The number of benzene rings is 1. The van der Waals surface area contributed by atoms with E-state index < -0.39 is 0 Å². The molecule has 0 atom stereocenters. The number of rotatable bonds is 2. The molecule has 2 aromatic rings. The summed E-state index contributed by atoms with van der Waals surface area (Å²) in [5.41, 5.74) is 0.860. The van der Waals surface area contributed by atoms with Crippen LogP contribution in [-0.4, -0.2) is 5.78 Å². The maximum Gasteiger partial charge on any atom is 0.196 e. The zero-order valence-electron chi connectivity index (χ0n) is 8.14. The maximum atomic E-state index is 12.2. The molecule has 0 radical (unpaired) electrons. The molecular weight excluding hydrogens is 366 g/mol. The van der Waals surface area contributed by atoms with Gasteiger partial charge in [0.25, 0.3) is 0 Å². The highest BCUT2D eigenvalue weighted by Gasteiger charge is 2.18. The van der Waals surface area contributed by atoms with E-state index in [1.54, 1.807) is 24.3 Å². The Labute approximate surface area is 125 Å². The number of halogens is 4. The Kier molecular flexibility index (Phi) is 4.16. The van der Waals surface area contributed by atoms with Crippen LogP contribution in [0.1, 0.15) is 15.9 Å². The van der Waals surface area contributed by atoms with Gasteiger partial charge in [-0.1, -0.05) is 50.7 Å². The Morgan fingerprint density at radius 1 is 1.12 bits per heavy atom. The van der Waals surface area contributed by atoms with Gasteiger partial charge in [0.1, 0.15) is 4.34 Å². The van der Waals surface area contributed by atoms with Gasteiger partial charge < -0.3 is 0 Å². The third kappa shape index (κ3) is 2.85. The molecule has 6 heteroatoms. The lowest BCUT2D eigenvalue weighted by Crippen LogP contribution is -2.01. The van der Waals surface area contributed by atoms with Gasteiger partial charge in [-0.2, -0.15) is 0 Å². The van der Waals surface area contributed by atoms with Gasteiger partial charge in [0.05, 0.1) is 9.90 Å². The highest BCUT2D eigenvalue weighted by atomic mass is 79.9. The summed E-state index contributed by atoms with van der Waals surface area (Å²) in [7, 11) is 0. The maximum absolute atomic E-state index is 12.2. The number of thiophene rings is 1. The quantitative estimate of drug-likeness (QED) is 0.620. The molecule has 0 aliphatic carbocycles. The number of hydrogen-bond donors (Lipinski definition) is 0. The van der Waals surface area contributed by atoms with E-state index in [9.17, 15) is 4.79 Å². The highest BCUT2D eigenvalue weighted by molar-refractivity contribution is 9.10. The predicted molar refractivity (Wildman–Crippen MR) is 76.9 cm³/mol. The van der Waals surface area contributed by atoms with Crippen molar-refractivity contribution in [2.24, 2.45) is 0 Å². The van der Waals surface area contributed by atoms with Crippen molar-refractivity contribution in [3.63, 3.8) is 0 Å². The zero-order chi connectivity index (χ0) is 12.6. The fraction of sp³-hybridized carbons (Fsp3) is 0. The van der Waals surface area contributed by atoms with Crippen LogP contribution in [0, 0.1) is 0 Å². The Balaban J connectivity index is 2.50. The van der Waals surface area contributed by atoms with Gasteiger partial charge in [0, 0.05) is 15.1 Å². The van der Waals surface area contributed by atoms with Crippen molar-refractivity contribution in [1.82, 2.24) is 0 Å². The van der Waals surface area contributed by atoms with E-state index in [1.165, 1.54) is 0 Å². The first-order chi connectivity index (χ1) is 7.99. The lowest BCUT2D eigenvalue weighted by molar-refractivity contribution is 0.103. The largest absolute Gasteiger partial charge is 0.288 e. The van der Waals surface area contributed by atoms with Crippen molar-refractivity contribution >= 4 is 67.9 Å². The van der Waals surface area contributed by atoms with Gasteiger partial charge in [0.2, 0.25) is 0 Å². The Bertz CT molecular complexity index is 594. The van der Waals surface area contributed by atoms with Crippen molar-refractivity contribution in [1.29, 1.82) is 0 Å². The Morgan fingerprint density at radius 2 is 1.82 bits per heavy atom. The van der Waals surface area contributed by atoms with Gasteiger partial charge in [0.15, 0.2) is 5.78 Å². The molecule has 0 unspecified atom stereocenters. The summed E-state index contributed by atoms with van der Waals surface area (Å²) in [6, 6.07) is 6.57. The van der Waals surface area contributed by atoms with Crippen LogP contribution in [0.2, 0.25) is 13.7 Å². The van der Waals surface area contributed by atoms with Crippen LogP contribution < -0.4 is 0 Å². The smallest absolute Gasteiger partial charge is 0.196 e. The van der Waals surface area contributed by atoms with E-state index in [0.29, 0.717) is 29.3 Å². The van der Waals surface area contributed by atoms with E-state index in [0.717, 1.165) is 11.3 Å². The normalized spacial score (nSPS) is 10.6. The molecule has 0 amide bonds. The molecule has 0 saturated carbocycles. The zero-order valence-corrected chi connectivity index (χ0v) is 12.8. The summed E-state index contributed by atoms with van der Waals surface area (Å²) >= 11 is 22.1. The molecule has 88 valence electrons. The lowest BCUT2D eigenvalue weighted by Gasteiger charge is -2.03. The number of ketones is 1. The molecule has 1 nitrogen and oxygen atoms in total. The fourth-order valence-corrected chi connectivity index (χ4v) is 3.37. The Morgan fingerprint density at radius 3 is 2.41 bits per heavy atom. The van der Waals surface area contributed by atoms with Crippen LogP contribution in [0.5, 0.6) is 0 Å². The molecule has 0 aliphatic rings. The average Bonchev–Trinajstić information content (AvgIpc) is 2.60. The standard InChI is InChI=1S/C11H4BrCl3OS/c12-8-2-1-5(13)3-6(8)10(16)7-4-9(14)17-11(7)15/h1-4H. The van der Waals surface area contributed by atoms with E-state index >= 15 is 0 Å². The molecule has 0 aliphatic heterocycles. The second kappa shape index (κ2) is 5.29. The molecule has 17 heavy (non-hydrogen) atoms. The van der Waals surface area contributed by atoms with Crippen molar-refractivity contribution in [3.05, 3.63) is 53.6 Å². The number of carbonyl (C=O) groups is 1. The van der Waals surface area contributed by atoms with Crippen LogP contribution in [0.4, 0.5) is 0 Å². The SMILES string of the molecule is O=C(c1cc(Cl)ccc1Br)c1cc(Cl)sc1Cl. The minimum atomic E-state index is -0.201. The second-order valence-corrected chi connectivity index (χ2v) is 6.77. The summed E-state index contributed by atoms with van der Waals surface area (Å²) < 4.78 is 1.54. The summed E-state index contributed by atoms with van der Waals surface area (Å²) in [6.45, 7) is 0. The molecule has 1 aromatic heterocycles. The highest BCUT2D eigenvalue weighted by Crippen LogP contribution is 2.34. The molecule has 0 bridgehead atoms. The first-order valence-corrected chi connectivity index (χ1v) is 7.18. The van der Waals surface area contributed by atoms with Gasteiger partial charge in [-0.25, -0.2) is 0 Å². The van der Waals surface area contributed by atoms with Crippen molar-refractivity contribution < 1.29 is 4.79 Å². The minimum Gasteiger partial charge on any atom is -0.288 e. The Hall–Kier alpha value is -0.0600. The first kappa shape index (κ1) is 13.4. The van der Waals surface area contributed by atoms with Gasteiger partial charge >= 0.3 is 0 Å². The van der Waals surface area contributed by atoms with E-state index in [4.69, 9.17) is 34.8 Å². The van der Waals surface area contributed by atoms with Crippen LogP contribution >= 0.6 is 62.1 Å².